The number of piperidine rings is 1. The van der Waals surface area contributed by atoms with Crippen LogP contribution in [-0.2, 0) is 16.0 Å². The van der Waals surface area contributed by atoms with Crippen LogP contribution in [0.3, 0.4) is 0 Å². The summed E-state index contributed by atoms with van der Waals surface area (Å²) in [6, 6.07) is 10.9. The monoisotopic (exact) mass is 299 g/mol. The van der Waals surface area contributed by atoms with Gasteiger partial charge in [-0.25, -0.2) is 0 Å². The molecule has 0 spiro atoms. The number of aryl methyl sites for hydroxylation is 1. The summed E-state index contributed by atoms with van der Waals surface area (Å²) in [7, 11) is 0. The Morgan fingerprint density at radius 3 is 2.82 bits per heavy atom. The number of hydrogen-bond donors (Lipinski definition) is 0. The van der Waals surface area contributed by atoms with Crippen molar-refractivity contribution < 1.29 is 9.53 Å². The van der Waals surface area contributed by atoms with E-state index in [9.17, 15) is 4.79 Å². The summed E-state index contributed by atoms with van der Waals surface area (Å²) in [6.45, 7) is 1.64. The van der Waals surface area contributed by atoms with Crippen molar-refractivity contribution in [3.05, 3.63) is 47.7 Å². The second-order valence-corrected chi connectivity index (χ2v) is 6.29. The largest absolute Gasteiger partial charge is 0.501 e. The topological polar surface area (TPSA) is 29.5 Å². The summed E-state index contributed by atoms with van der Waals surface area (Å²) in [5.74, 6) is 0.206. The molecule has 0 aromatic heterocycles. The molecule has 3 heteroatoms. The Kier molecular flexibility index (Phi) is 5.15. The lowest BCUT2D eigenvalue weighted by Crippen LogP contribution is -2.44. The van der Waals surface area contributed by atoms with Gasteiger partial charge < -0.3 is 9.64 Å². The number of benzene rings is 1. The van der Waals surface area contributed by atoms with Gasteiger partial charge in [0.15, 0.2) is 0 Å². The van der Waals surface area contributed by atoms with Gasteiger partial charge in [-0.05, 0) is 50.5 Å². The van der Waals surface area contributed by atoms with Crippen molar-refractivity contribution in [3.63, 3.8) is 0 Å². The van der Waals surface area contributed by atoms with Crippen LogP contribution in [0.25, 0.3) is 0 Å². The Labute approximate surface area is 133 Å². The van der Waals surface area contributed by atoms with E-state index in [0.29, 0.717) is 6.04 Å². The fraction of sp³-hybridized carbons (Fsp3) is 0.526. The number of likely N-dealkylation sites (tertiary alicyclic amines) is 1. The summed E-state index contributed by atoms with van der Waals surface area (Å²) in [4.78, 5) is 14.9. The molecular formula is C19H25NO2. The number of amides is 1. The number of carbonyl (C=O) groups is 1. The molecule has 1 amide bonds. The van der Waals surface area contributed by atoms with Gasteiger partial charge in [0, 0.05) is 12.6 Å². The molecule has 0 bridgehead atoms. The normalized spacial score (nSPS) is 21.9. The van der Waals surface area contributed by atoms with E-state index in [1.165, 1.54) is 12.0 Å². The molecule has 1 saturated heterocycles. The predicted octanol–water partition coefficient (Wildman–Crippen LogP) is 3.69. The van der Waals surface area contributed by atoms with Gasteiger partial charge in [0.1, 0.15) is 0 Å². The zero-order valence-electron chi connectivity index (χ0n) is 13.2. The van der Waals surface area contributed by atoms with Gasteiger partial charge in [-0.3, -0.25) is 4.79 Å². The summed E-state index contributed by atoms with van der Waals surface area (Å²) in [6.07, 6.45) is 9.11. The van der Waals surface area contributed by atoms with Gasteiger partial charge in [0.05, 0.1) is 18.4 Å². The van der Waals surface area contributed by atoms with Gasteiger partial charge in [-0.15, -0.1) is 0 Å². The molecule has 0 N–H and O–H groups in total. The SMILES string of the molecule is O=C(C1=COCCC1)N1CCCC[C@@H]1CCc1ccccc1. The van der Waals surface area contributed by atoms with Crippen LogP contribution < -0.4 is 0 Å². The highest BCUT2D eigenvalue weighted by Crippen LogP contribution is 2.25. The van der Waals surface area contributed by atoms with Crippen LogP contribution in [-0.4, -0.2) is 30.0 Å². The smallest absolute Gasteiger partial charge is 0.253 e. The van der Waals surface area contributed by atoms with Crippen molar-refractivity contribution in [3.8, 4) is 0 Å². The summed E-state index contributed by atoms with van der Waals surface area (Å²) >= 11 is 0. The van der Waals surface area contributed by atoms with Gasteiger partial charge in [0.25, 0.3) is 5.91 Å². The van der Waals surface area contributed by atoms with Crippen LogP contribution in [0.2, 0.25) is 0 Å². The van der Waals surface area contributed by atoms with Crippen LogP contribution in [0.15, 0.2) is 42.2 Å². The Balaban J connectivity index is 1.63. The Hall–Kier alpha value is -1.77. The average Bonchev–Trinajstić information content (AvgIpc) is 2.61. The van der Waals surface area contributed by atoms with Crippen molar-refractivity contribution in [2.24, 2.45) is 0 Å². The molecular weight excluding hydrogens is 274 g/mol. The van der Waals surface area contributed by atoms with Crippen molar-refractivity contribution in [2.45, 2.75) is 51.0 Å². The molecule has 0 aliphatic carbocycles. The summed E-state index contributed by atoms with van der Waals surface area (Å²) in [5.41, 5.74) is 2.22. The van der Waals surface area contributed by atoms with Crippen LogP contribution in [0, 0.1) is 0 Å². The minimum Gasteiger partial charge on any atom is -0.501 e. The molecule has 1 aromatic rings. The first kappa shape index (κ1) is 15.1. The van der Waals surface area contributed by atoms with Crippen molar-refractivity contribution >= 4 is 5.91 Å². The third-order valence-corrected chi connectivity index (χ3v) is 4.71. The average molecular weight is 299 g/mol. The molecule has 118 valence electrons. The van der Waals surface area contributed by atoms with Crippen molar-refractivity contribution in [1.82, 2.24) is 4.90 Å². The summed E-state index contributed by atoms with van der Waals surface area (Å²) in [5, 5.41) is 0. The number of carbonyl (C=O) groups excluding carboxylic acids is 1. The lowest BCUT2D eigenvalue weighted by atomic mass is 9.94. The quantitative estimate of drug-likeness (QED) is 0.848. The molecule has 2 aliphatic heterocycles. The van der Waals surface area contributed by atoms with Gasteiger partial charge in [-0.2, -0.15) is 0 Å². The van der Waals surface area contributed by atoms with Gasteiger partial charge in [0.2, 0.25) is 0 Å². The maximum atomic E-state index is 12.8. The molecule has 1 atom stereocenters. The number of rotatable bonds is 4. The van der Waals surface area contributed by atoms with E-state index in [0.717, 1.165) is 57.2 Å². The Morgan fingerprint density at radius 1 is 1.18 bits per heavy atom. The van der Waals surface area contributed by atoms with Crippen LogP contribution in [0.1, 0.15) is 44.1 Å². The van der Waals surface area contributed by atoms with Crippen molar-refractivity contribution in [2.75, 3.05) is 13.2 Å². The zero-order valence-corrected chi connectivity index (χ0v) is 13.2. The third-order valence-electron chi connectivity index (χ3n) is 4.71. The summed E-state index contributed by atoms with van der Waals surface area (Å²) < 4.78 is 5.35. The van der Waals surface area contributed by atoms with Crippen LogP contribution >= 0.6 is 0 Å². The van der Waals surface area contributed by atoms with Crippen LogP contribution in [0.4, 0.5) is 0 Å². The maximum Gasteiger partial charge on any atom is 0.253 e. The van der Waals surface area contributed by atoms with E-state index in [4.69, 9.17) is 4.74 Å². The molecule has 22 heavy (non-hydrogen) atoms. The van der Waals surface area contributed by atoms with Gasteiger partial charge in [-0.1, -0.05) is 30.3 Å². The van der Waals surface area contributed by atoms with E-state index in [1.807, 2.05) is 0 Å². The number of ether oxygens (including phenoxy) is 1. The third kappa shape index (κ3) is 3.70. The first-order valence-corrected chi connectivity index (χ1v) is 8.50. The first-order valence-electron chi connectivity index (χ1n) is 8.50. The molecule has 0 radical (unpaired) electrons. The maximum absolute atomic E-state index is 12.8. The van der Waals surface area contributed by atoms with Gasteiger partial charge >= 0.3 is 0 Å². The highest BCUT2D eigenvalue weighted by Gasteiger charge is 2.29. The first-order chi connectivity index (χ1) is 10.8. The molecule has 1 aromatic carbocycles. The minimum atomic E-state index is 0.206. The molecule has 3 nitrogen and oxygen atoms in total. The van der Waals surface area contributed by atoms with Crippen LogP contribution in [0.5, 0.6) is 0 Å². The molecule has 0 saturated carbocycles. The standard InChI is InChI=1S/C19H25NO2/c21-19(17-9-6-14-22-15-17)20-13-5-4-10-18(20)12-11-16-7-2-1-3-8-16/h1-3,7-8,15,18H,4-6,9-14H2/t18-/m1/s1. The molecule has 3 rings (SSSR count). The minimum absolute atomic E-state index is 0.206. The highest BCUT2D eigenvalue weighted by atomic mass is 16.5. The zero-order chi connectivity index (χ0) is 15.2. The fourth-order valence-corrected chi connectivity index (χ4v) is 3.45. The molecule has 1 fully saturated rings. The number of nitrogens with zero attached hydrogens (tertiary/aromatic N) is 1. The lowest BCUT2D eigenvalue weighted by Gasteiger charge is -2.37. The van der Waals surface area contributed by atoms with Crippen molar-refractivity contribution in [1.29, 1.82) is 0 Å². The fourth-order valence-electron chi connectivity index (χ4n) is 3.45. The molecule has 2 aliphatic rings. The molecule has 0 unspecified atom stereocenters. The highest BCUT2D eigenvalue weighted by molar-refractivity contribution is 5.93. The van der Waals surface area contributed by atoms with E-state index in [2.05, 4.69) is 35.2 Å². The number of hydrogen-bond acceptors (Lipinski definition) is 2. The second kappa shape index (κ2) is 7.48. The second-order valence-electron chi connectivity index (χ2n) is 6.29. The molecule has 2 heterocycles. The van der Waals surface area contributed by atoms with E-state index >= 15 is 0 Å². The van der Waals surface area contributed by atoms with E-state index in [-0.39, 0.29) is 5.91 Å². The Bertz CT molecular complexity index is 523. The Morgan fingerprint density at radius 2 is 2.05 bits per heavy atom. The van der Waals surface area contributed by atoms with E-state index < -0.39 is 0 Å². The van der Waals surface area contributed by atoms with E-state index in [1.54, 1.807) is 6.26 Å². The predicted molar refractivity (Wildman–Crippen MR) is 87.4 cm³/mol. The lowest BCUT2D eigenvalue weighted by molar-refractivity contribution is -0.131.